The van der Waals surface area contributed by atoms with Gasteiger partial charge in [-0.15, -0.1) is 24.0 Å². The molecule has 0 radical (unpaired) electrons. The lowest BCUT2D eigenvalue weighted by atomic mass is 10.1. The molecule has 0 aliphatic rings. The summed E-state index contributed by atoms with van der Waals surface area (Å²) in [5.41, 5.74) is 1.08. The van der Waals surface area contributed by atoms with Gasteiger partial charge in [0.15, 0.2) is 5.96 Å². The van der Waals surface area contributed by atoms with Crippen molar-refractivity contribution in [1.82, 2.24) is 25.2 Å². The van der Waals surface area contributed by atoms with Crippen LogP contribution in [0.1, 0.15) is 18.9 Å². The molecule has 0 aliphatic carbocycles. The van der Waals surface area contributed by atoms with Gasteiger partial charge < -0.3 is 15.4 Å². The minimum Gasteiger partial charge on any atom is -0.494 e. The minimum atomic E-state index is 0. The number of ether oxygens (including phenoxy) is 1. The Kier molecular flexibility index (Phi) is 9.49. The first-order valence-electron chi connectivity index (χ1n) is 10.9. The summed E-state index contributed by atoms with van der Waals surface area (Å²) in [7, 11) is 0. The number of guanidine groups is 1. The van der Waals surface area contributed by atoms with Crippen LogP contribution in [0.15, 0.2) is 84.5 Å². The monoisotopic (exact) mass is 556 g/mol. The third-order valence-corrected chi connectivity index (χ3v) is 4.95. The van der Waals surface area contributed by atoms with Gasteiger partial charge in [-0.05, 0) is 53.9 Å². The number of aromatic nitrogens is 3. The number of nitrogens with one attached hydrogen (secondary N) is 2. The van der Waals surface area contributed by atoms with Crippen LogP contribution in [0.2, 0.25) is 0 Å². The summed E-state index contributed by atoms with van der Waals surface area (Å²) in [6.07, 6.45) is 8.02. The lowest BCUT2D eigenvalue weighted by Crippen LogP contribution is -2.38. The fraction of sp³-hybridized carbons (Fsp3) is 0.240. The molecule has 2 aromatic heterocycles. The molecule has 7 nitrogen and oxygen atoms in total. The molecule has 2 N–H and O–H groups in total. The van der Waals surface area contributed by atoms with Crippen LogP contribution in [0.3, 0.4) is 0 Å². The van der Waals surface area contributed by atoms with E-state index < -0.39 is 0 Å². The fourth-order valence-electron chi connectivity index (χ4n) is 3.33. The van der Waals surface area contributed by atoms with E-state index in [1.807, 2.05) is 41.1 Å². The second-order valence-corrected chi connectivity index (χ2v) is 7.33. The molecule has 2 aromatic carbocycles. The Bertz CT molecular complexity index is 1160. The molecule has 0 bridgehead atoms. The van der Waals surface area contributed by atoms with Gasteiger partial charge in [-0.3, -0.25) is 4.57 Å². The Hall–Kier alpha value is -3.14. The van der Waals surface area contributed by atoms with Crippen LogP contribution in [-0.4, -0.2) is 40.2 Å². The van der Waals surface area contributed by atoms with Crippen LogP contribution >= 0.6 is 24.0 Å². The second-order valence-electron chi connectivity index (χ2n) is 7.33. The van der Waals surface area contributed by atoms with E-state index in [4.69, 9.17) is 9.73 Å². The average molecular weight is 556 g/mol. The lowest BCUT2D eigenvalue weighted by Gasteiger charge is -2.12. The van der Waals surface area contributed by atoms with E-state index in [0.717, 1.165) is 42.6 Å². The van der Waals surface area contributed by atoms with Crippen LogP contribution in [0.4, 0.5) is 0 Å². The minimum absolute atomic E-state index is 0. The summed E-state index contributed by atoms with van der Waals surface area (Å²) in [4.78, 5) is 13.2. The van der Waals surface area contributed by atoms with Gasteiger partial charge in [-0.2, -0.15) is 0 Å². The molecule has 0 amide bonds. The van der Waals surface area contributed by atoms with Gasteiger partial charge in [0.2, 0.25) is 0 Å². The Labute approximate surface area is 211 Å². The van der Waals surface area contributed by atoms with Gasteiger partial charge in [0.1, 0.15) is 17.9 Å². The predicted molar refractivity (Wildman–Crippen MR) is 144 cm³/mol. The number of hydrogen-bond acceptors (Lipinski definition) is 4. The number of hydrogen-bond donors (Lipinski definition) is 2. The van der Waals surface area contributed by atoms with Crippen LogP contribution < -0.4 is 15.4 Å². The molecule has 8 heteroatoms. The van der Waals surface area contributed by atoms with E-state index in [-0.39, 0.29) is 24.0 Å². The molecular weight excluding hydrogens is 527 g/mol. The van der Waals surface area contributed by atoms with Gasteiger partial charge in [0.25, 0.3) is 0 Å². The highest BCUT2D eigenvalue weighted by molar-refractivity contribution is 14.0. The Morgan fingerprint density at radius 2 is 1.91 bits per heavy atom. The summed E-state index contributed by atoms with van der Waals surface area (Å²) in [5.74, 6) is 2.52. The van der Waals surface area contributed by atoms with E-state index in [1.165, 1.54) is 10.8 Å². The second kappa shape index (κ2) is 12.8. The third-order valence-electron chi connectivity index (χ3n) is 4.95. The predicted octanol–water partition coefficient (Wildman–Crippen LogP) is 4.56. The van der Waals surface area contributed by atoms with Crippen LogP contribution in [-0.2, 0) is 6.54 Å². The standard InChI is InChI=1S/C25H28N6O.HI/c1-2-27-25(30-18-20-10-12-28-24(16-20)31-14-13-26-19-31)29-11-5-15-32-23-9-8-21-6-3-4-7-22(21)17-23;/h3-4,6-10,12-14,16-17,19H,2,5,11,15,18H2,1H3,(H2,27,29,30);1H. The van der Waals surface area contributed by atoms with Crippen molar-refractivity contribution >= 4 is 40.7 Å². The molecule has 0 atom stereocenters. The first-order chi connectivity index (χ1) is 15.8. The van der Waals surface area contributed by atoms with Crippen molar-refractivity contribution < 1.29 is 4.74 Å². The number of halogens is 1. The number of aliphatic imine (C=N–C) groups is 1. The molecule has 0 fully saturated rings. The average Bonchev–Trinajstić information content (AvgIpc) is 3.37. The van der Waals surface area contributed by atoms with Crippen molar-refractivity contribution in [1.29, 1.82) is 0 Å². The van der Waals surface area contributed by atoms with Crippen LogP contribution in [0, 0.1) is 0 Å². The summed E-state index contributed by atoms with van der Waals surface area (Å²) >= 11 is 0. The maximum Gasteiger partial charge on any atom is 0.191 e. The first-order valence-corrected chi connectivity index (χ1v) is 10.9. The number of nitrogens with zero attached hydrogens (tertiary/aromatic N) is 4. The van der Waals surface area contributed by atoms with Gasteiger partial charge in [0, 0.05) is 31.7 Å². The number of rotatable bonds is 9. The maximum absolute atomic E-state index is 5.92. The molecule has 4 aromatic rings. The Morgan fingerprint density at radius 1 is 1.03 bits per heavy atom. The Balaban J connectivity index is 0.00000306. The molecule has 0 unspecified atom stereocenters. The molecule has 33 heavy (non-hydrogen) atoms. The zero-order chi connectivity index (χ0) is 22.0. The van der Waals surface area contributed by atoms with Gasteiger partial charge in [0.05, 0.1) is 13.2 Å². The smallest absolute Gasteiger partial charge is 0.191 e. The zero-order valence-corrected chi connectivity index (χ0v) is 21.0. The number of fused-ring (bicyclic) bond motifs is 1. The first kappa shape index (κ1) is 24.5. The lowest BCUT2D eigenvalue weighted by molar-refractivity contribution is 0.311. The summed E-state index contributed by atoms with van der Waals surface area (Å²) in [6, 6.07) is 18.5. The fourth-order valence-corrected chi connectivity index (χ4v) is 3.33. The highest BCUT2D eigenvalue weighted by atomic mass is 127. The topological polar surface area (TPSA) is 76.4 Å². The molecule has 172 valence electrons. The van der Waals surface area contributed by atoms with Crippen molar-refractivity contribution in [2.24, 2.45) is 4.99 Å². The van der Waals surface area contributed by atoms with E-state index in [1.54, 1.807) is 18.7 Å². The zero-order valence-electron chi connectivity index (χ0n) is 18.6. The number of benzene rings is 2. The SMILES string of the molecule is CCNC(=NCc1ccnc(-n2ccnc2)c1)NCCCOc1ccc2ccccc2c1.I. The summed E-state index contributed by atoms with van der Waals surface area (Å²) < 4.78 is 7.80. The number of imidazole rings is 1. The van der Waals surface area contributed by atoms with Crippen molar-refractivity contribution in [3.05, 3.63) is 85.1 Å². The Morgan fingerprint density at radius 3 is 2.73 bits per heavy atom. The molecule has 2 heterocycles. The molecule has 0 saturated carbocycles. The highest BCUT2D eigenvalue weighted by Gasteiger charge is 2.02. The van der Waals surface area contributed by atoms with E-state index in [0.29, 0.717) is 13.2 Å². The van der Waals surface area contributed by atoms with Gasteiger partial charge >= 0.3 is 0 Å². The molecular formula is C25H29IN6O. The number of pyridine rings is 1. The van der Waals surface area contributed by atoms with Crippen molar-refractivity contribution in [2.75, 3.05) is 19.7 Å². The van der Waals surface area contributed by atoms with Gasteiger partial charge in [-0.25, -0.2) is 15.0 Å². The normalized spacial score (nSPS) is 11.1. The summed E-state index contributed by atoms with van der Waals surface area (Å²) in [6.45, 7) is 4.84. The highest BCUT2D eigenvalue weighted by Crippen LogP contribution is 2.20. The largest absolute Gasteiger partial charge is 0.494 e. The van der Waals surface area contributed by atoms with Crippen molar-refractivity contribution in [3.8, 4) is 11.6 Å². The molecule has 0 spiro atoms. The molecule has 4 rings (SSSR count). The van der Waals surface area contributed by atoms with Gasteiger partial charge in [-0.1, -0.05) is 30.3 Å². The molecule has 0 saturated heterocycles. The summed E-state index contributed by atoms with van der Waals surface area (Å²) in [5, 5.41) is 9.08. The van der Waals surface area contributed by atoms with Crippen molar-refractivity contribution in [3.63, 3.8) is 0 Å². The van der Waals surface area contributed by atoms with E-state index in [2.05, 4.69) is 51.8 Å². The van der Waals surface area contributed by atoms with E-state index in [9.17, 15) is 0 Å². The van der Waals surface area contributed by atoms with Crippen LogP contribution in [0.25, 0.3) is 16.6 Å². The van der Waals surface area contributed by atoms with Crippen molar-refractivity contribution in [2.45, 2.75) is 19.9 Å². The third kappa shape index (κ3) is 7.18. The van der Waals surface area contributed by atoms with E-state index >= 15 is 0 Å². The van der Waals surface area contributed by atoms with Crippen LogP contribution in [0.5, 0.6) is 5.75 Å². The molecule has 0 aliphatic heterocycles. The quantitative estimate of drug-likeness (QED) is 0.137. The maximum atomic E-state index is 5.92.